The van der Waals surface area contributed by atoms with Gasteiger partial charge in [0.1, 0.15) is 71.8 Å². The summed E-state index contributed by atoms with van der Waals surface area (Å²) >= 11 is 0. The Morgan fingerprint density at radius 2 is 0.667 bits per heavy atom. The normalized spacial score (nSPS) is 10.7. The fraction of sp³-hybridized carbons (Fsp3) is 0.111. The summed E-state index contributed by atoms with van der Waals surface area (Å²) < 4.78 is 57.8. The number of benzene rings is 12. The molecule has 0 atom stereocenters. The van der Waals surface area contributed by atoms with E-state index in [2.05, 4.69) is 16.0 Å². The van der Waals surface area contributed by atoms with E-state index in [1.54, 1.807) is 74.5 Å². The highest BCUT2D eigenvalue weighted by Crippen LogP contribution is 2.36. The van der Waals surface area contributed by atoms with E-state index in [1.807, 2.05) is 104 Å². The van der Waals surface area contributed by atoms with Crippen LogP contribution in [0.3, 0.4) is 0 Å². The molecule has 0 heterocycles. The van der Waals surface area contributed by atoms with Crippen LogP contribution in [0.5, 0.6) is 34.5 Å². The number of fused-ring (bicyclic) bond motifs is 3. The molecule has 12 aromatic carbocycles. The molecule has 0 aliphatic rings. The standard InChI is InChI=1S/C27H22FNO5.C27H22FNO4.C27H22FNO3/c1-16-24(31)12-17(13-25(16)32)11-20(30)15-34-26-10-9-23(21-7-2-3-8-22(21)26)29-27(33)18-5-4-6-19(28)14-18;1-17-9-10-18(14-25(17)31)13-21(30)16-33-26-12-11-24(22-7-2-3-8-23(22)26)29-27(32)19-5-4-6-20(28)15-19;1-18-6-4-7-19(14-18)15-22(30)17-32-26-13-12-25(23-10-2-3-11-24(23)26)29-27(31)20-8-5-9-21(28)16-20/h2-10,12-14,31-32H,11,15H2,1H3,(H,29,33);2-12,14-15,31H,13,16H2,1H3,(H,29,32);2-14,16H,15,17H2,1H3,(H,29,31). The molecule has 0 saturated heterocycles. The van der Waals surface area contributed by atoms with E-state index < -0.39 is 35.2 Å². The molecule has 18 heteroatoms. The fourth-order valence-corrected chi connectivity index (χ4v) is 10.7. The van der Waals surface area contributed by atoms with Crippen molar-refractivity contribution in [3.8, 4) is 34.5 Å². The number of aryl methyl sites for hydroxylation is 2. The van der Waals surface area contributed by atoms with Gasteiger partial charge in [-0.3, -0.25) is 28.8 Å². The Balaban J connectivity index is 0.000000161. The smallest absolute Gasteiger partial charge is 0.255 e. The van der Waals surface area contributed by atoms with Crippen LogP contribution in [0.15, 0.2) is 237 Å². The van der Waals surface area contributed by atoms with Crippen LogP contribution in [0, 0.1) is 38.2 Å². The summed E-state index contributed by atoms with van der Waals surface area (Å²) in [6.45, 7) is 4.97. The highest BCUT2D eigenvalue weighted by molar-refractivity contribution is 6.12. The first-order chi connectivity index (χ1) is 47.7. The van der Waals surface area contributed by atoms with Crippen LogP contribution in [-0.4, -0.2) is 70.2 Å². The molecule has 498 valence electrons. The summed E-state index contributed by atoms with van der Waals surface area (Å²) in [6.07, 6.45) is 0.441. The van der Waals surface area contributed by atoms with Crippen molar-refractivity contribution < 1.29 is 71.5 Å². The summed E-state index contributed by atoms with van der Waals surface area (Å²) in [6, 6.07) is 64.5. The molecule has 0 aromatic heterocycles. The third-order valence-corrected chi connectivity index (χ3v) is 15.8. The second kappa shape index (κ2) is 32.2. The number of ether oxygens (including phenoxy) is 3. The molecule has 0 aliphatic heterocycles. The van der Waals surface area contributed by atoms with Crippen LogP contribution in [0.2, 0.25) is 0 Å². The molecule has 3 amide bonds. The number of Topliss-reactive ketones (excluding diaryl/α,β-unsaturated/α-hetero) is 3. The zero-order valence-electron chi connectivity index (χ0n) is 53.9. The molecule has 12 aromatic rings. The fourth-order valence-electron chi connectivity index (χ4n) is 10.7. The highest BCUT2D eigenvalue weighted by Gasteiger charge is 2.18. The van der Waals surface area contributed by atoms with Crippen molar-refractivity contribution in [1.82, 2.24) is 0 Å². The van der Waals surface area contributed by atoms with Crippen LogP contribution in [0.4, 0.5) is 30.2 Å². The number of halogens is 3. The number of aromatic hydroxyl groups is 3. The van der Waals surface area contributed by atoms with Gasteiger partial charge in [-0.05, 0) is 152 Å². The van der Waals surface area contributed by atoms with Gasteiger partial charge in [0, 0.05) is 90.9 Å². The third-order valence-electron chi connectivity index (χ3n) is 15.8. The lowest BCUT2D eigenvalue weighted by molar-refractivity contribution is -0.121. The minimum atomic E-state index is -0.498. The summed E-state index contributed by atoms with van der Waals surface area (Å²) in [5, 5.41) is 42.3. The number of rotatable bonds is 21. The zero-order chi connectivity index (χ0) is 70.1. The Morgan fingerprint density at radius 1 is 0.333 bits per heavy atom. The highest BCUT2D eigenvalue weighted by atomic mass is 19.1. The summed E-state index contributed by atoms with van der Waals surface area (Å²) in [5.41, 5.74) is 6.66. The molecular formula is C81H66F3N3O12. The van der Waals surface area contributed by atoms with Gasteiger partial charge in [-0.1, -0.05) is 133 Å². The molecule has 99 heavy (non-hydrogen) atoms. The van der Waals surface area contributed by atoms with Gasteiger partial charge in [0.05, 0.1) is 0 Å². The average Bonchev–Trinajstić information content (AvgIpc) is 0.812. The van der Waals surface area contributed by atoms with Gasteiger partial charge in [-0.25, -0.2) is 13.2 Å². The minimum absolute atomic E-state index is 0.0128. The van der Waals surface area contributed by atoms with Crippen molar-refractivity contribution in [1.29, 1.82) is 0 Å². The van der Waals surface area contributed by atoms with Crippen molar-refractivity contribution in [2.24, 2.45) is 0 Å². The van der Waals surface area contributed by atoms with Crippen LogP contribution >= 0.6 is 0 Å². The third kappa shape index (κ3) is 18.5. The molecule has 0 radical (unpaired) electrons. The van der Waals surface area contributed by atoms with Crippen molar-refractivity contribution >= 4 is 84.5 Å². The predicted octanol–water partition coefficient (Wildman–Crippen LogP) is 16.3. The van der Waals surface area contributed by atoms with Crippen molar-refractivity contribution in [2.75, 3.05) is 35.8 Å². The maximum atomic E-state index is 13.5. The number of anilines is 3. The van der Waals surface area contributed by atoms with E-state index in [0.29, 0.717) is 68.2 Å². The molecule has 0 saturated carbocycles. The second-order valence-electron chi connectivity index (χ2n) is 23.2. The molecule has 0 spiro atoms. The van der Waals surface area contributed by atoms with Crippen LogP contribution in [0.1, 0.15) is 64.5 Å². The van der Waals surface area contributed by atoms with Gasteiger partial charge in [0.2, 0.25) is 0 Å². The zero-order valence-corrected chi connectivity index (χ0v) is 53.9. The van der Waals surface area contributed by atoms with Crippen molar-refractivity contribution in [2.45, 2.75) is 40.0 Å². The number of nitrogens with one attached hydrogen (secondary N) is 3. The number of hydrogen-bond donors (Lipinski definition) is 6. The van der Waals surface area contributed by atoms with E-state index in [9.17, 15) is 57.3 Å². The summed E-state index contributed by atoms with van der Waals surface area (Å²) in [4.78, 5) is 75.0. The monoisotopic (exact) mass is 1330 g/mol. The van der Waals surface area contributed by atoms with E-state index >= 15 is 0 Å². The molecule has 0 fully saturated rings. The molecule has 0 bridgehead atoms. The maximum absolute atomic E-state index is 13.5. The van der Waals surface area contributed by atoms with E-state index in [0.717, 1.165) is 44.3 Å². The molecule has 0 aliphatic carbocycles. The second-order valence-corrected chi connectivity index (χ2v) is 23.2. The van der Waals surface area contributed by atoms with Crippen molar-refractivity contribution in [3.05, 3.63) is 304 Å². The van der Waals surface area contributed by atoms with Gasteiger partial charge in [0.15, 0.2) is 17.3 Å². The molecule has 6 N–H and O–H groups in total. The van der Waals surface area contributed by atoms with Gasteiger partial charge >= 0.3 is 0 Å². The first-order valence-electron chi connectivity index (χ1n) is 31.3. The Kier molecular flexibility index (Phi) is 22.6. The number of hydrogen-bond acceptors (Lipinski definition) is 12. The number of amides is 3. The lowest BCUT2D eigenvalue weighted by Gasteiger charge is -2.13. The number of carbonyl (C=O) groups excluding carboxylic acids is 6. The molecule has 15 nitrogen and oxygen atoms in total. The topological polar surface area (TPSA) is 227 Å². The Morgan fingerprint density at radius 3 is 1.02 bits per heavy atom. The van der Waals surface area contributed by atoms with E-state index in [-0.39, 0.29) is 84.0 Å². The van der Waals surface area contributed by atoms with Gasteiger partial charge in [-0.2, -0.15) is 0 Å². The quantitative estimate of drug-likeness (QED) is 0.0395. The van der Waals surface area contributed by atoms with Gasteiger partial charge in [-0.15, -0.1) is 0 Å². The van der Waals surface area contributed by atoms with Crippen molar-refractivity contribution in [3.63, 3.8) is 0 Å². The Labute approximate surface area is 567 Å². The van der Waals surface area contributed by atoms with Crippen LogP contribution in [-0.2, 0) is 33.6 Å². The SMILES string of the molecule is Cc1c(O)cc(CC(=O)COc2ccc(NC(=O)c3cccc(F)c3)c3ccccc23)cc1O.Cc1ccc(CC(=O)COc2ccc(NC(=O)c3cccc(F)c3)c3ccccc23)cc1O.Cc1cccc(CC(=O)COc2ccc(NC(=O)c3cccc(F)c3)c3ccccc23)c1. The average molecular weight is 1330 g/mol. The van der Waals surface area contributed by atoms with E-state index in [4.69, 9.17) is 14.2 Å². The molecule has 12 rings (SSSR count). The van der Waals surface area contributed by atoms with E-state index in [1.165, 1.54) is 72.8 Å². The van der Waals surface area contributed by atoms with Gasteiger partial charge < -0.3 is 45.5 Å². The largest absolute Gasteiger partial charge is 0.508 e. The summed E-state index contributed by atoms with van der Waals surface area (Å²) in [7, 11) is 0. The Hall–Kier alpha value is -12.6. The summed E-state index contributed by atoms with van der Waals surface area (Å²) in [5.74, 6) is -1.60. The minimum Gasteiger partial charge on any atom is -0.508 e. The predicted molar refractivity (Wildman–Crippen MR) is 376 cm³/mol. The lowest BCUT2D eigenvalue weighted by Crippen LogP contribution is -2.14. The van der Waals surface area contributed by atoms with Gasteiger partial charge in [0.25, 0.3) is 17.7 Å². The Bertz CT molecular complexity index is 5010. The number of phenols is 3. The van der Waals surface area contributed by atoms with Crippen LogP contribution in [0.25, 0.3) is 32.3 Å². The molecular weight excluding hydrogens is 1260 g/mol. The number of phenolic OH excluding ortho intramolecular Hbond substituents is 3. The molecule has 0 unspecified atom stereocenters. The first-order valence-corrected chi connectivity index (χ1v) is 31.3. The van der Waals surface area contributed by atoms with Crippen LogP contribution < -0.4 is 30.2 Å². The number of ketones is 3. The number of carbonyl (C=O) groups is 6. The first kappa shape index (κ1) is 69.3. The maximum Gasteiger partial charge on any atom is 0.255 e. The lowest BCUT2D eigenvalue weighted by atomic mass is 10.1.